The van der Waals surface area contributed by atoms with Gasteiger partial charge in [-0.25, -0.2) is 0 Å². The third-order valence-corrected chi connectivity index (χ3v) is 2.51. The molecule has 0 fully saturated rings. The number of rotatable bonds is 6. The second kappa shape index (κ2) is 7.43. The van der Waals surface area contributed by atoms with Gasteiger partial charge in [0, 0.05) is 7.05 Å². The second-order valence-corrected chi connectivity index (χ2v) is 3.65. The van der Waals surface area contributed by atoms with Gasteiger partial charge in [-0.05, 0) is 26.3 Å². The molecule has 15 heavy (non-hydrogen) atoms. The van der Waals surface area contributed by atoms with Crippen molar-refractivity contribution in [1.29, 1.82) is 0 Å². The lowest BCUT2D eigenvalue weighted by Gasteiger charge is -2.25. The lowest BCUT2D eigenvalue weighted by molar-refractivity contribution is -0.126. The molecule has 0 aliphatic rings. The molecule has 4 heteroatoms. The van der Waals surface area contributed by atoms with Crippen LogP contribution >= 0.6 is 0 Å². The van der Waals surface area contributed by atoms with Crippen LogP contribution in [0.5, 0.6) is 0 Å². The number of carbonyl (C=O) groups excluding carboxylic acids is 1. The average molecular weight is 214 g/mol. The summed E-state index contributed by atoms with van der Waals surface area (Å²) in [5, 5.41) is 15.3. The quantitative estimate of drug-likeness (QED) is 0.557. The summed E-state index contributed by atoms with van der Waals surface area (Å²) in [6, 6.07) is -0.546. The monoisotopic (exact) mass is 214 g/mol. The van der Waals surface area contributed by atoms with Gasteiger partial charge in [-0.1, -0.05) is 19.1 Å². The Morgan fingerprint density at radius 3 is 2.47 bits per heavy atom. The first-order chi connectivity index (χ1) is 7.08. The number of hydrogen-bond acceptors (Lipinski definition) is 3. The predicted octanol–water partition coefficient (Wildman–Crippen LogP) is 0.284. The summed E-state index contributed by atoms with van der Waals surface area (Å²) in [6.45, 7) is 3.87. The topological polar surface area (TPSA) is 61.4 Å². The Bertz CT molecular complexity index is 217. The van der Waals surface area contributed by atoms with E-state index in [1.807, 2.05) is 26.0 Å². The molecule has 3 atom stereocenters. The van der Waals surface area contributed by atoms with Crippen LogP contribution in [0.15, 0.2) is 12.2 Å². The normalized spacial score (nSPS) is 17.4. The fourth-order valence-electron chi connectivity index (χ4n) is 1.43. The predicted molar refractivity (Wildman–Crippen MR) is 61.5 cm³/mol. The molecule has 0 saturated heterocycles. The van der Waals surface area contributed by atoms with Crippen LogP contribution in [0.3, 0.4) is 0 Å². The molecule has 0 spiro atoms. The largest absolute Gasteiger partial charge is 0.391 e. The first kappa shape index (κ1) is 14.1. The molecule has 0 aromatic heterocycles. The minimum absolute atomic E-state index is 0.0518. The first-order valence-corrected chi connectivity index (χ1v) is 5.26. The zero-order chi connectivity index (χ0) is 11.8. The van der Waals surface area contributed by atoms with E-state index in [0.29, 0.717) is 0 Å². The van der Waals surface area contributed by atoms with Gasteiger partial charge in [0.15, 0.2) is 0 Å². The molecule has 0 rings (SSSR count). The SMILES string of the molecule is C/C=C/C[C@@H](C)[C@@H](O)[C@H](NC)C(=O)NC. The Kier molecular flexibility index (Phi) is 6.99. The van der Waals surface area contributed by atoms with Crippen molar-refractivity contribution in [3.8, 4) is 0 Å². The van der Waals surface area contributed by atoms with Gasteiger partial charge in [0.1, 0.15) is 6.04 Å². The third kappa shape index (κ3) is 4.44. The highest BCUT2D eigenvalue weighted by Crippen LogP contribution is 2.12. The van der Waals surface area contributed by atoms with E-state index in [4.69, 9.17) is 0 Å². The second-order valence-electron chi connectivity index (χ2n) is 3.65. The molecular weight excluding hydrogens is 192 g/mol. The van der Waals surface area contributed by atoms with Crippen molar-refractivity contribution < 1.29 is 9.90 Å². The highest BCUT2D eigenvalue weighted by atomic mass is 16.3. The van der Waals surface area contributed by atoms with E-state index in [1.165, 1.54) is 0 Å². The molecule has 0 unspecified atom stereocenters. The van der Waals surface area contributed by atoms with Crippen molar-refractivity contribution in [2.75, 3.05) is 14.1 Å². The van der Waals surface area contributed by atoms with Crippen molar-refractivity contribution in [2.45, 2.75) is 32.4 Å². The van der Waals surface area contributed by atoms with E-state index in [2.05, 4.69) is 10.6 Å². The maximum absolute atomic E-state index is 11.4. The first-order valence-electron chi connectivity index (χ1n) is 5.26. The number of nitrogens with one attached hydrogen (secondary N) is 2. The van der Waals surface area contributed by atoms with Gasteiger partial charge in [0.2, 0.25) is 5.91 Å². The van der Waals surface area contributed by atoms with E-state index in [1.54, 1.807) is 14.1 Å². The minimum atomic E-state index is -0.675. The van der Waals surface area contributed by atoms with E-state index in [0.717, 1.165) is 6.42 Å². The van der Waals surface area contributed by atoms with Crippen LogP contribution in [0, 0.1) is 5.92 Å². The van der Waals surface area contributed by atoms with Crippen molar-refractivity contribution in [3.63, 3.8) is 0 Å². The van der Waals surface area contributed by atoms with Crippen LogP contribution in [0.2, 0.25) is 0 Å². The van der Waals surface area contributed by atoms with E-state index >= 15 is 0 Å². The van der Waals surface area contributed by atoms with Crippen LogP contribution < -0.4 is 10.6 Å². The fraction of sp³-hybridized carbons (Fsp3) is 0.727. The summed E-state index contributed by atoms with van der Waals surface area (Å²) in [6.07, 6.45) is 4.03. The van der Waals surface area contributed by atoms with E-state index in [9.17, 15) is 9.90 Å². The fourth-order valence-corrected chi connectivity index (χ4v) is 1.43. The summed E-state index contributed by atoms with van der Waals surface area (Å²) >= 11 is 0. The summed E-state index contributed by atoms with van der Waals surface area (Å²) in [7, 11) is 3.24. The molecule has 0 aromatic carbocycles. The maximum Gasteiger partial charge on any atom is 0.239 e. The zero-order valence-electron chi connectivity index (χ0n) is 9.95. The van der Waals surface area contributed by atoms with Gasteiger partial charge in [-0.15, -0.1) is 0 Å². The number of likely N-dealkylation sites (N-methyl/N-ethyl adjacent to an activating group) is 2. The molecule has 1 amide bonds. The Labute approximate surface area is 91.8 Å². The minimum Gasteiger partial charge on any atom is -0.391 e. The number of amides is 1. The molecule has 0 saturated carbocycles. The van der Waals surface area contributed by atoms with Gasteiger partial charge < -0.3 is 15.7 Å². The van der Waals surface area contributed by atoms with Crippen LogP contribution in [-0.2, 0) is 4.79 Å². The smallest absolute Gasteiger partial charge is 0.239 e. The van der Waals surface area contributed by atoms with Crippen molar-refractivity contribution >= 4 is 5.91 Å². The van der Waals surface area contributed by atoms with Crippen LogP contribution in [0.1, 0.15) is 20.3 Å². The lowest BCUT2D eigenvalue weighted by atomic mass is 9.94. The molecule has 0 aliphatic carbocycles. The summed E-state index contributed by atoms with van der Waals surface area (Å²) < 4.78 is 0. The van der Waals surface area contributed by atoms with Gasteiger partial charge in [0.05, 0.1) is 6.10 Å². The van der Waals surface area contributed by atoms with Crippen molar-refractivity contribution in [3.05, 3.63) is 12.2 Å². The molecule has 0 aliphatic heterocycles. The van der Waals surface area contributed by atoms with Gasteiger partial charge in [-0.3, -0.25) is 4.79 Å². The van der Waals surface area contributed by atoms with Crippen LogP contribution in [0.25, 0.3) is 0 Å². The molecule has 0 bridgehead atoms. The summed E-state index contributed by atoms with van der Waals surface area (Å²) in [5.74, 6) is -0.131. The molecule has 0 heterocycles. The molecule has 0 radical (unpaired) electrons. The number of carbonyl (C=O) groups is 1. The highest BCUT2D eigenvalue weighted by Gasteiger charge is 2.27. The maximum atomic E-state index is 11.4. The van der Waals surface area contributed by atoms with Crippen molar-refractivity contribution in [1.82, 2.24) is 10.6 Å². The number of allylic oxidation sites excluding steroid dienone is 2. The number of hydrogen-bond donors (Lipinski definition) is 3. The Balaban J connectivity index is 4.36. The van der Waals surface area contributed by atoms with Crippen molar-refractivity contribution in [2.24, 2.45) is 5.92 Å². The van der Waals surface area contributed by atoms with Gasteiger partial charge >= 0.3 is 0 Å². The van der Waals surface area contributed by atoms with Crippen LogP contribution in [0.4, 0.5) is 0 Å². The molecule has 4 nitrogen and oxygen atoms in total. The van der Waals surface area contributed by atoms with Gasteiger partial charge in [0.25, 0.3) is 0 Å². The van der Waals surface area contributed by atoms with Gasteiger partial charge in [-0.2, -0.15) is 0 Å². The Morgan fingerprint density at radius 2 is 2.07 bits per heavy atom. The zero-order valence-corrected chi connectivity index (χ0v) is 9.95. The summed E-state index contributed by atoms with van der Waals surface area (Å²) in [5.41, 5.74) is 0. The third-order valence-electron chi connectivity index (χ3n) is 2.51. The Morgan fingerprint density at radius 1 is 1.47 bits per heavy atom. The molecule has 88 valence electrons. The van der Waals surface area contributed by atoms with E-state index in [-0.39, 0.29) is 11.8 Å². The van der Waals surface area contributed by atoms with Crippen LogP contribution in [-0.4, -0.2) is 37.3 Å². The average Bonchev–Trinajstić information content (AvgIpc) is 2.26. The standard InChI is InChI=1S/C11H22N2O2/c1-5-6-7-8(2)10(14)9(12-3)11(15)13-4/h5-6,8-10,12,14H,7H2,1-4H3,(H,13,15)/b6-5+/t8-,9+,10-/m1/s1. The highest BCUT2D eigenvalue weighted by molar-refractivity contribution is 5.82. The van der Waals surface area contributed by atoms with E-state index < -0.39 is 12.1 Å². The number of aliphatic hydroxyl groups is 1. The molecule has 0 aromatic rings. The Hall–Kier alpha value is -0.870. The molecular formula is C11H22N2O2. The summed E-state index contributed by atoms with van der Waals surface area (Å²) in [4.78, 5) is 11.4. The number of aliphatic hydroxyl groups excluding tert-OH is 1. The lowest BCUT2D eigenvalue weighted by Crippen LogP contribution is -2.51. The molecule has 3 N–H and O–H groups in total.